The number of halogens is 1. The molecule has 0 aliphatic carbocycles. The summed E-state index contributed by atoms with van der Waals surface area (Å²) in [5.41, 5.74) is 9.94. The van der Waals surface area contributed by atoms with E-state index in [2.05, 4.69) is 5.10 Å². The van der Waals surface area contributed by atoms with Crippen LogP contribution in [0.15, 0.2) is 42.5 Å². The van der Waals surface area contributed by atoms with Gasteiger partial charge in [0.25, 0.3) is 0 Å². The van der Waals surface area contributed by atoms with Crippen molar-refractivity contribution in [1.82, 2.24) is 9.78 Å². The van der Waals surface area contributed by atoms with Gasteiger partial charge in [-0.3, -0.25) is 4.68 Å². The summed E-state index contributed by atoms with van der Waals surface area (Å²) < 4.78 is 15.0. The zero-order valence-electron chi connectivity index (χ0n) is 11.5. The fourth-order valence-corrected chi connectivity index (χ4v) is 2.61. The summed E-state index contributed by atoms with van der Waals surface area (Å²) in [5.74, 6) is -0.246. The van der Waals surface area contributed by atoms with Crippen molar-refractivity contribution in [3.05, 3.63) is 65.1 Å². The molecule has 0 amide bonds. The Labute approximate surface area is 116 Å². The van der Waals surface area contributed by atoms with E-state index in [-0.39, 0.29) is 11.9 Å². The number of rotatable bonds is 2. The minimum absolute atomic E-state index is 0.246. The molecule has 0 aliphatic rings. The van der Waals surface area contributed by atoms with E-state index in [1.54, 1.807) is 6.07 Å². The second kappa shape index (κ2) is 4.72. The van der Waals surface area contributed by atoms with Gasteiger partial charge in [-0.15, -0.1) is 0 Å². The third-order valence-electron chi connectivity index (χ3n) is 3.65. The third-order valence-corrected chi connectivity index (χ3v) is 3.65. The van der Waals surface area contributed by atoms with Gasteiger partial charge in [0.15, 0.2) is 0 Å². The van der Waals surface area contributed by atoms with Crippen LogP contribution in [-0.2, 0) is 7.05 Å². The van der Waals surface area contributed by atoms with E-state index < -0.39 is 0 Å². The Morgan fingerprint density at radius 1 is 1.20 bits per heavy atom. The van der Waals surface area contributed by atoms with E-state index in [4.69, 9.17) is 5.73 Å². The van der Waals surface area contributed by atoms with Crippen molar-refractivity contribution in [2.45, 2.75) is 13.0 Å². The minimum Gasteiger partial charge on any atom is -0.319 e. The number of hydrogen-bond donors (Lipinski definition) is 1. The number of para-hydroxylation sites is 1. The first-order chi connectivity index (χ1) is 9.58. The molecular weight excluding hydrogens is 253 g/mol. The van der Waals surface area contributed by atoms with Gasteiger partial charge in [0.1, 0.15) is 5.82 Å². The quantitative estimate of drug-likeness (QED) is 0.777. The summed E-state index contributed by atoms with van der Waals surface area (Å²) in [6, 6.07) is 12.3. The molecule has 0 spiro atoms. The molecule has 1 heterocycles. The summed E-state index contributed by atoms with van der Waals surface area (Å²) in [4.78, 5) is 0. The molecule has 3 nitrogen and oxygen atoms in total. The monoisotopic (exact) mass is 269 g/mol. The standard InChI is InChI=1S/C16H16FN3/c1-10-9-11(17)7-8-12(10)15(18)16-13-5-3-4-6-14(13)20(2)19-16/h3-9,15H,18H2,1-2H3. The van der Waals surface area contributed by atoms with Crippen LogP contribution in [0.3, 0.4) is 0 Å². The smallest absolute Gasteiger partial charge is 0.123 e. The van der Waals surface area contributed by atoms with Crippen molar-refractivity contribution in [3.63, 3.8) is 0 Å². The van der Waals surface area contributed by atoms with Crippen LogP contribution in [0.1, 0.15) is 22.9 Å². The fraction of sp³-hybridized carbons (Fsp3) is 0.188. The molecule has 1 unspecified atom stereocenters. The van der Waals surface area contributed by atoms with E-state index in [0.29, 0.717) is 0 Å². The molecule has 4 heteroatoms. The number of aromatic nitrogens is 2. The highest BCUT2D eigenvalue weighted by molar-refractivity contribution is 5.82. The van der Waals surface area contributed by atoms with Gasteiger partial charge in [-0.05, 0) is 36.2 Å². The predicted octanol–water partition coefficient (Wildman–Crippen LogP) is 3.07. The Morgan fingerprint density at radius 2 is 1.95 bits per heavy atom. The topological polar surface area (TPSA) is 43.8 Å². The van der Waals surface area contributed by atoms with E-state index >= 15 is 0 Å². The average Bonchev–Trinajstić information content (AvgIpc) is 2.76. The second-order valence-electron chi connectivity index (χ2n) is 5.00. The first-order valence-electron chi connectivity index (χ1n) is 6.51. The Bertz CT molecular complexity index is 776. The van der Waals surface area contributed by atoms with Crippen LogP contribution in [0.25, 0.3) is 10.9 Å². The van der Waals surface area contributed by atoms with E-state index in [1.807, 2.05) is 42.9 Å². The molecule has 0 saturated carbocycles. The first kappa shape index (κ1) is 12.8. The number of fused-ring (bicyclic) bond motifs is 1. The lowest BCUT2D eigenvalue weighted by atomic mass is 9.97. The average molecular weight is 269 g/mol. The Kier molecular flexibility index (Phi) is 3.03. The number of hydrogen-bond acceptors (Lipinski definition) is 2. The van der Waals surface area contributed by atoms with Gasteiger partial charge in [-0.25, -0.2) is 4.39 Å². The Morgan fingerprint density at radius 3 is 2.70 bits per heavy atom. The van der Waals surface area contributed by atoms with Crippen molar-refractivity contribution in [2.24, 2.45) is 12.8 Å². The maximum absolute atomic E-state index is 13.2. The molecule has 0 fully saturated rings. The van der Waals surface area contributed by atoms with Gasteiger partial charge in [-0.2, -0.15) is 5.10 Å². The summed E-state index contributed by atoms with van der Waals surface area (Å²) in [6.07, 6.45) is 0. The lowest BCUT2D eigenvalue weighted by Gasteiger charge is -2.13. The third kappa shape index (κ3) is 1.98. The molecular formula is C16H16FN3. The highest BCUT2D eigenvalue weighted by Crippen LogP contribution is 2.28. The zero-order chi connectivity index (χ0) is 14.3. The largest absolute Gasteiger partial charge is 0.319 e. The van der Waals surface area contributed by atoms with Crippen LogP contribution in [0.4, 0.5) is 4.39 Å². The van der Waals surface area contributed by atoms with Crippen molar-refractivity contribution >= 4 is 10.9 Å². The predicted molar refractivity (Wildman–Crippen MR) is 77.9 cm³/mol. The Balaban J connectivity index is 2.15. The maximum atomic E-state index is 13.2. The van der Waals surface area contributed by atoms with Gasteiger partial charge >= 0.3 is 0 Å². The second-order valence-corrected chi connectivity index (χ2v) is 5.00. The van der Waals surface area contributed by atoms with Gasteiger partial charge in [0.05, 0.1) is 17.3 Å². The number of nitrogens with two attached hydrogens (primary N) is 1. The molecule has 0 bridgehead atoms. The molecule has 102 valence electrons. The maximum Gasteiger partial charge on any atom is 0.123 e. The molecule has 2 N–H and O–H groups in total. The fourth-order valence-electron chi connectivity index (χ4n) is 2.61. The molecule has 3 aromatic rings. The molecule has 0 saturated heterocycles. The summed E-state index contributed by atoms with van der Waals surface area (Å²) in [5, 5.41) is 5.56. The lowest BCUT2D eigenvalue weighted by molar-refractivity contribution is 0.624. The normalized spacial score (nSPS) is 12.8. The van der Waals surface area contributed by atoms with Gasteiger partial charge in [0, 0.05) is 12.4 Å². The number of aryl methyl sites for hydroxylation is 2. The highest BCUT2D eigenvalue weighted by atomic mass is 19.1. The molecule has 1 atom stereocenters. The molecule has 0 aliphatic heterocycles. The van der Waals surface area contributed by atoms with Crippen LogP contribution in [0, 0.1) is 12.7 Å². The summed E-state index contributed by atoms with van der Waals surface area (Å²) in [7, 11) is 1.90. The van der Waals surface area contributed by atoms with Crippen LogP contribution in [0.5, 0.6) is 0 Å². The molecule has 3 rings (SSSR count). The molecule has 20 heavy (non-hydrogen) atoms. The number of nitrogens with zero attached hydrogens (tertiary/aromatic N) is 2. The summed E-state index contributed by atoms with van der Waals surface area (Å²) in [6.45, 7) is 1.86. The molecule has 1 aromatic heterocycles. The number of benzene rings is 2. The van der Waals surface area contributed by atoms with Crippen molar-refractivity contribution in [1.29, 1.82) is 0 Å². The van der Waals surface area contributed by atoms with E-state index in [1.165, 1.54) is 12.1 Å². The highest BCUT2D eigenvalue weighted by Gasteiger charge is 2.18. The van der Waals surface area contributed by atoms with Gasteiger partial charge in [0.2, 0.25) is 0 Å². The SMILES string of the molecule is Cc1cc(F)ccc1C(N)c1nn(C)c2ccccc12. The lowest BCUT2D eigenvalue weighted by Crippen LogP contribution is -2.14. The van der Waals surface area contributed by atoms with Crippen LogP contribution >= 0.6 is 0 Å². The van der Waals surface area contributed by atoms with Crippen molar-refractivity contribution in [3.8, 4) is 0 Å². The molecule has 0 radical (unpaired) electrons. The minimum atomic E-state index is -0.360. The van der Waals surface area contributed by atoms with Gasteiger partial charge in [-0.1, -0.05) is 24.3 Å². The summed E-state index contributed by atoms with van der Waals surface area (Å²) >= 11 is 0. The van der Waals surface area contributed by atoms with Crippen LogP contribution in [-0.4, -0.2) is 9.78 Å². The van der Waals surface area contributed by atoms with Crippen molar-refractivity contribution < 1.29 is 4.39 Å². The van der Waals surface area contributed by atoms with Crippen LogP contribution in [0.2, 0.25) is 0 Å². The molecule has 2 aromatic carbocycles. The van der Waals surface area contributed by atoms with Crippen LogP contribution < -0.4 is 5.73 Å². The Hall–Kier alpha value is -2.20. The van der Waals surface area contributed by atoms with E-state index in [0.717, 1.165) is 27.7 Å². The van der Waals surface area contributed by atoms with Gasteiger partial charge < -0.3 is 5.73 Å². The van der Waals surface area contributed by atoms with E-state index in [9.17, 15) is 4.39 Å². The zero-order valence-corrected chi connectivity index (χ0v) is 11.5. The first-order valence-corrected chi connectivity index (χ1v) is 6.51. The van der Waals surface area contributed by atoms with Crippen molar-refractivity contribution in [2.75, 3.05) is 0 Å².